The van der Waals surface area contributed by atoms with Gasteiger partial charge in [-0.25, -0.2) is 4.79 Å². The van der Waals surface area contributed by atoms with E-state index in [0.29, 0.717) is 28.8 Å². The Labute approximate surface area is 283 Å². The maximum absolute atomic E-state index is 13.9. The first-order valence-corrected chi connectivity index (χ1v) is 17.0. The van der Waals surface area contributed by atoms with Gasteiger partial charge in [0, 0.05) is 22.4 Å². The van der Waals surface area contributed by atoms with Crippen molar-refractivity contribution < 1.29 is 33.9 Å². The molecule has 1 heterocycles. The van der Waals surface area contributed by atoms with Crippen molar-refractivity contribution in [2.45, 2.75) is 73.5 Å². The number of ether oxygens (including phenoxy) is 2. The lowest BCUT2D eigenvalue weighted by atomic mass is 9.88. The SMILES string of the molecule is CCS[C@@H]1[C@@H]([C@@H](C)O)C(=O)N1C(C(=O)OCc1ccc([N+](=O)[O-])cc1)=C(Oc1ccc(C(=S)C(C)(C)C)cc1)SC(=O)C(C)(C)C. The van der Waals surface area contributed by atoms with E-state index in [1.54, 1.807) is 45.0 Å². The molecule has 3 atom stereocenters. The highest BCUT2D eigenvalue weighted by atomic mass is 32.2. The number of thiocarbonyl (C=S) groups is 1. The van der Waals surface area contributed by atoms with Crippen LogP contribution in [-0.2, 0) is 25.7 Å². The van der Waals surface area contributed by atoms with Crippen molar-refractivity contribution >= 4 is 63.3 Å². The average molecular weight is 689 g/mol. The van der Waals surface area contributed by atoms with Gasteiger partial charge in [-0.3, -0.25) is 24.6 Å². The van der Waals surface area contributed by atoms with Crippen molar-refractivity contribution in [2.75, 3.05) is 5.75 Å². The molecule has 0 saturated carbocycles. The third-order valence-corrected chi connectivity index (χ3v) is 10.2. The zero-order chi connectivity index (χ0) is 34.6. The van der Waals surface area contributed by atoms with Gasteiger partial charge in [0.15, 0.2) is 10.8 Å². The molecule has 0 unspecified atom stereocenters. The summed E-state index contributed by atoms with van der Waals surface area (Å²) in [4.78, 5) is 53.4. The minimum absolute atomic E-state index is 0.118. The number of non-ortho nitro benzene ring substituents is 1. The van der Waals surface area contributed by atoms with Crippen LogP contribution in [0.4, 0.5) is 5.69 Å². The summed E-state index contributed by atoms with van der Waals surface area (Å²) in [5, 5.41) is 20.4. The van der Waals surface area contributed by atoms with Crippen LogP contribution >= 0.6 is 35.7 Å². The van der Waals surface area contributed by atoms with Crippen molar-refractivity contribution in [3.8, 4) is 5.75 Å². The fourth-order valence-corrected chi connectivity index (χ4v) is 6.58. The van der Waals surface area contributed by atoms with E-state index in [4.69, 9.17) is 21.7 Å². The number of nitrogens with zero attached hydrogens (tertiary/aromatic N) is 2. The van der Waals surface area contributed by atoms with Crippen molar-refractivity contribution in [2.24, 2.45) is 16.7 Å². The molecule has 248 valence electrons. The quantitative estimate of drug-likeness (QED) is 0.0366. The Morgan fingerprint density at radius 2 is 1.63 bits per heavy atom. The summed E-state index contributed by atoms with van der Waals surface area (Å²) in [7, 11) is 0. The number of thioether (sulfide) groups is 2. The van der Waals surface area contributed by atoms with Gasteiger partial charge in [0.2, 0.25) is 11.0 Å². The number of hydrogen-bond acceptors (Lipinski definition) is 11. The van der Waals surface area contributed by atoms with Crippen LogP contribution in [0, 0.1) is 26.9 Å². The summed E-state index contributed by atoms with van der Waals surface area (Å²) in [6.07, 6.45) is -0.988. The number of carbonyl (C=O) groups is 3. The van der Waals surface area contributed by atoms with Gasteiger partial charge in [-0.1, -0.05) is 72.8 Å². The molecular formula is C33H40N2O8S3. The number of aliphatic hydroxyl groups excluding tert-OH is 1. The number of carbonyl (C=O) groups excluding carboxylic acids is 3. The molecule has 1 fully saturated rings. The standard InChI is InChI=1S/C33H40N2O8S3/c1-9-45-28-24(19(2)36)27(37)34(28)25(29(38)42-18-20-10-14-22(15-11-20)35(40)41)30(46-31(39)33(6,7)8)43-23-16-12-21(13-17-23)26(44)32(3,4)5/h10-17,19,24,28,36H,9,18H2,1-8H3/t19-,24+,28-/m1/s1. The number of nitro benzene ring substituents is 1. The number of amides is 1. The van der Waals surface area contributed by atoms with Gasteiger partial charge in [-0.2, -0.15) is 0 Å². The molecule has 1 N–H and O–H groups in total. The Morgan fingerprint density at radius 1 is 1.04 bits per heavy atom. The van der Waals surface area contributed by atoms with Gasteiger partial charge in [0.1, 0.15) is 12.4 Å². The van der Waals surface area contributed by atoms with Crippen molar-refractivity contribution in [3.63, 3.8) is 0 Å². The van der Waals surface area contributed by atoms with Crippen molar-refractivity contribution in [3.05, 3.63) is 80.6 Å². The van der Waals surface area contributed by atoms with Crippen LogP contribution in [0.3, 0.4) is 0 Å². The number of hydrogen-bond donors (Lipinski definition) is 1. The summed E-state index contributed by atoms with van der Waals surface area (Å²) < 4.78 is 11.9. The van der Waals surface area contributed by atoms with Gasteiger partial charge in [-0.05, 0) is 65.2 Å². The number of benzene rings is 2. The molecule has 1 aliphatic rings. The second-order valence-corrected chi connectivity index (χ2v) is 15.5. The average Bonchev–Trinajstić information content (AvgIpc) is 2.97. The predicted molar refractivity (Wildman–Crippen MR) is 184 cm³/mol. The van der Waals surface area contributed by atoms with E-state index >= 15 is 0 Å². The van der Waals surface area contributed by atoms with Gasteiger partial charge in [0.05, 0.1) is 22.3 Å². The molecule has 3 rings (SSSR count). The highest BCUT2D eigenvalue weighted by Crippen LogP contribution is 2.43. The molecule has 0 aromatic heterocycles. The van der Waals surface area contributed by atoms with Crippen LogP contribution in [0.25, 0.3) is 0 Å². The van der Waals surface area contributed by atoms with Gasteiger partial charge in [-0.15, -0.1) is 11.8 Å². The predicted octanol–water partition coefficient (Wildman–Crippen LogP) is 6.87. The topological polar surface area (TPSA) is 136 Å². The minimum atomic E-state index is -0.988. The van der Waals surface area contributed by atoms with Crippen molar-refractivity contribution in [1.82, 2.24) is 4.90 Å². The minimum Gasteiger partial charge on any atom is -0.456 e. The van der Waals surface area contributed by atoms with Crippen LogP contribution in [0.2, 0.25) is 0 Å². The largest absolute Gasteiger partial charge is 0.456 e. The second kappa shape index (κ2) is 15.1. The lowest BCUT2D eigenvalue weighted by molar-refractivity contribution is -0.384. The Bertz CT molecular complexity index is 1510. The van der Waals surface area contributed by atoms with E-state index in [-0.39, 0.29) is 33.6 Å². The van der Waals surface area contributed by atoms with Crippen LogP contribution < -0.4 is 4.74 Å². The number of esters is 1. The van der Waals surface area contributed by atoms with E-state index < -0.39 is 39.6 Å². The van der Waals surface area contributed by atoms with Crippen LogP contribution in [0.15, 0.2) is 59.3 Å². The molecule has 2 aromatic rings. The summed E-state index contributed by atoms with van der Waals surface area (Å²) in [5.74, 6) is -1.37. The highest BCUT2D eigenvalue weighted by Gasteiger charge is 2.54. The van der Waals surface area contributed by atoms with Gasteiger partial charge in [0.25, 0.3) is 5.69 Å². The molecule has 0 spiro atoms. The Hall–Kier alpha value is -3.26. The van der Waals surface area contributed by atoms with E-state index in [1.165, 1.54) is 47.9 Å². The Morgan fingerprint density at radius 3 is 2.11 bits per heavy atom. The van der Waals surface area contributed by atoms with E-state index in [0.717, 1.165) is 10.4 Å². The molecule has 0 radical (unpaired) electrons. The third-order valence-electron chi connectivity index (χ3n) is 6.89. The smallest absolute Gasteiger partial charge is 0.359 e. The summed E-state index contributed by atoms with van der Waals surface area (Å²) >= 11 is 7.68. The third kappa shape index (κ3) is 8.96. The molecule has 10 nitrogen and oxygen atoms in total. The summed E-state index contributed by atoms with van der Waals surface area (Å²) in [5.41, 5.74) is -0.185. The molecular weight excluding hydrogens is 649 g/mol. The first-order chi connectivity index (χ1) is 21.4. The Balaban J connectivity index is 2.12. The number of rotatable bonds is 12. The summed E-state index contributed by atoms with van der Waals surface area (Å²) in [6, 6.07) is 12.4. The molecule has 1 amide bonds. The fraction of sp³-hybridized carbons (Fsp3) is 0.455. The van der Waals surface area contributed by atoms with Crippen LogP contribution in [-0.4, -0.2) is 54.0 Å². The van der Waals surface area contributed by atoms with Crippen LogP contribution in [0.1, 0.15) is 66.5 Å². The van der Waals surface area contributed by atoms with Gasteiger partial charge < -0.3 is 14.6 Å². The first kappa shape index (κ1) is 37.2. The molecule has 0 bridgehead atoms. The number of likely N-dealkylation sites (tertiary alicyclic amines) is 1. The lowest BCUT2D eigenvalue weighted by Crippen LogP contribution is -2.63. The lowest BCUT2D eigenvalue weighted by Gasteiger charge is -2.48. The zero-order valence-electron chi connectivity index (χ0n) is 27.2. The molecule has 1 saturated heterocycles. The molecule has 1 aliphatic heterocycles. The molecule has 2 aromatic carbocycles. The first-order valence-electron chi connectivity index (χ1n) is 14.7. The number of nitro groups is 1. The Kier molecular flexibility index (Phi) is 12.2. The highest BCUT2D eigenvalue weighted by molar-refractivity contribution is 8.16. The van der Waals surface area contributed by atoms with E-state index in [9.17, 15) is 29.6 Å². The van der Waals surface area contributed by atoms with Crippen LogP contribution in [0.5, 0.6) is 5.75 Å². The second-order valence-electron chi connectivity index (χ2n) is 12.8. The molecule has 13 heteroatoms. The monoisotopic (exact) mass is 688 g/mol. The maximum atomic E-state index is 13.9. The van der Waals surface area contributed by atoms with Gasteiger partial charge >= 0.3 is 5.97 Å². The number of aliphatic hydroxyl groups is 1. The van der Waals surface area contributed by atoms with Crippen molar-refractivity contribution in [1.29, 1.82) is 0 Å². The van der Waals surface area contributed by atoms with E-state index in [2.05, 4.69) is 0 Å². The molecule has 46 heavy (non-hydrogen) atoms. The summed E-state index contributed by atoms with van der Waals surface area (Å²) in [6.45, 7) is 14.3. The molecule has 0 aliphatic carbocycles. The normalized spacial score (nSPS) is 17.8. The van der Waals surface area contributed by atoms with E-state index in [1.807, 2.05) is 27.7 Å². The fourth-order valence-electron chi connectivity index (χ4n) is 4.30. The maximum Gasteiger partial charge on any atom is 0.359 e. The number of β-lactam (4-membered cyclic amide) rings is 1. The zero-order valence-corrected chi connectivity index (χ0v) is 29.6.